The molecular weight excluding hydrogens is 256 g/mol. The monoisotopic (exact) mass is 282 g/mol. The normalized spacial score (nSPS) is 24.6. The van der Waals surface area contributed by atoms with Crippen molar-refractivity contribution in [2.75, 3.05) is 6.61 Å². The minimum absolute atomic E-state index is 0.0171. The molecule has 0 saturated carbocycles. The first-order valence-corrected chi connectivity index (χ1v) is 9.70. The largest absolute Gasteiger partial charge is 0.414 e. The van der Waals surface area contributed by atoms with E-state index in [-0.39, 0.29) is 16.9 Å². The second kappa shape index (κ2) is 6.16. The van der Waals surface area contributed by atoms with Crippen molar-refractivity contribution in [2.45, 2.75) is 57.5 Å². The fourth-order valence-corrected chi connectivity index (χ4v) is 2.57. The van der Waals surface area contributed by atoms with Crippen LogP contribution in [-0.2, 0) is 14.0 Å². The molecule has 19 heavy (non-hydrogen) atoms. The first-order chi connectivity index (χ1) is 8.67. The molecule has 0 amide bonds. The summed E-state index contributed by atoms with van der Waals surface area (Å²) in [5.74, 6) is 0.0171. The lowest BCUT2D eigenvalue weighted by Gasteiger charge is -2.37. The van der Waals surface area contributed by atoms with Gasteiger partial charge in [0.15, 0.2) is 14.1 Å². The van der Waals surface area contributed by atoms with Gasteiger partial charge in [-0.3, -0.25) is 4.79 Å². The minimum Gasteiger partial charge on any atom is -0.414 e. The summed E-state index contributed by atoms with van der Waals surface area (Å²) in [6.45, 7) is 15.2. The van der Waals surface area contributed by atoms with Crippen LogP contribution in [0.1, 0.15) is 27.2 Å². The Balaban J connectivity index is 2.57. The van der Waals surface area contributed by atoms with Crippen LogP contribution in [0.4, 0.5) is 0 Å². The van der Waals surface area contributed by atoms with Crippen LogP contribution in [0.2, 0.25) is 18.1 Å². The zero-order chi connectivity index (χ0) is 14.7. The fraction of sp³-hybridized carbons (Fsp3) is 0.667. The van der Waals surface area contributed by atoms with Crippen molar-refractivity contribution in [3.8, 4) is 0 Å². The number of ketones is 1. The Kier molecular flexibility index (Phi) is 5.30. The minimum atomic E-state index is -1.77. The summed E-state index contributed by atoms with van der Waals surface area (Å²) >= 11 is 0. The molecule has 108 valence electrons. The number of carbonyl (C=O) groups is 1. The SMILES string of the molecule is C=CC[C@@H]1O[C@H](CO[Si](C)(C)C(C)(C)C)C=CC1=O. The van der Waals surface area contributed by atoms with Gasteiger partial charge in [-0.2, -0.15) is 0 Å². The fourth-order valence-electron chi connectivity index (χ4n) is 1.56. The first kappa shape index (κ1) is 16.3. The summed E-state index contributed by atoms with van der Waals surface area (Å²) in [5, 5.41) is 0.182. The number of ether oxygens (including phenoxy) is 1. The third-order valence-corrected chi connectivity index (χ3v) is 8.43. The van der Waals surface area contributed by atoms with E-state index >= 15 is 0 Å². The van der Waals surface area contributed by atoms with Gasteiger partial charge in [-0.05, 0) is 36.7 Å². The van der Waals surface area contributed by atoms with E-state index in [4.69, 9.17) is 9.16 Å². The van der Waals surface area contributed by atoms with Crippen molar-refractivity contribution in [3.63, 3.8) is 0 Å². The van der Waals surface area contributed by atoms with Crippen LogP contribution in [-0.4, -0.2) is 32.9 Å². The molecular formula is C15H26O3Si. The van der Waals surface area contributed by atoms with Crippen LogP contribution >= 0.6 is 0 Å². The van der Waals surface area contributed by atoms with Crippen LogP contribution in [0.5, 0.6) is 0 Å². The Morgan fingerprint density at radius 2 is 2.11 bits per heavy atom. The van der Waals surface area contributed by atoms with Crippen molar-refractivity contribution < 1.29 is 14.0 Å². The standard InChI is InChI=1S/C15H26O3Si/c1-7-8-14-13(16)10-9-12(18-14)11-17-19(5,6)15(2,3)4/h7,9-10,12,14H,1,8,11H2,2-6H3/t12-,14-/m0/s1. The summed E-state index contributed by atoms with van der Waals surface area (Å²) in [5.41, 5.74) is 0. The highest BCUT2D eigenvalue weighted by atomic mass is 28.4. The van der Waals surface area contributed by atoms with Gasteiger partial charge in [0.1, 0.15) is 6.10 Å². The third-order valence-electron chi connectivity index (χ3n) is 3.93. The van der Waals surface area contributed by atoms with Crippen LogP contribution in [0.25, 0.3) is 0 Å². The zero-order valence-corrected chi connectivity index (χ0v) is 13.7. The Labute approximate surface area is 117 Å². The summed E-state index contributed by atoms with van der Waals surface area (Å²) < 4.78 is 11.9. The second-order valence-corrected chi connectivity index (χ2v) is 11.3. The third kappa shape index (κ3) is 4.40. The second-order valence-electron chi connectivity index (χ2n) is 6.52. The van der Waals surface area contributed by atoms with E-state index in [0.717, 1.165) is 0 Å². The lowest BCUT2D eigenvalue weighted by molar-refractivity contribution is -0.130. The molecule has 1 heterocycles. The summed E-state index contributed by atoms with van der Waals surface area (Å²) in [4.78, 5) is 11.6. The molecule has 1 rings (SSSR count). The van der Waals surface area contributed by atoms with Gasteiger partial charge in [0, 0.05) is 0 Å². The molecule has 0 radical (unpaired) electrons. The van der Waals surface area contributed by atoms with Gasteiger partial charge in [0.05, 0.1) is 12.7 Å². The van der Waals surface area contributed by atoms with E-state index in [2.05, 4.69) is 40.4 Å². The molecule has 1 aliphatic heterocycles. The van der Waals surface area contributed by atoms with E-state index in [9.17, 15) is 4.79 Å². The topological polar surface area (TPSA) is 35.5 Å². The lowest BCUT2D eigenvalue weighted by atomic mass is 10.1. The summed E-state index contributed by atoms with van der Waals surface area (Å²) in [7, 11) is -1.77. The molecule has 0 fully saturated rings. The van der Waals surface area contributed by atoms with Gasteiger partial charge in [-0.1, -0.05) is 26.8 Å². The molecule has 2 atom stereocenters. The Bertz CT molecular complexity index is 366. The van der Waals surface area contributed by atoms with Gasteiger partial charge >= 0.3 is 0 Å². The molecule has 0 bridgehead atoms. The molecule has 0 aromatic carbocycles. The van der Waals surface area contributed by atoms with Crippen molar-refractivity contribution in [1.29, 1.82) is 0 Å². The van der Waals surface area contributed by atoms with Crippen LogP contribution < -0.4 is 0 Å². The zero-order valence-electron chi connectivity index (χ0n) is 12.7. The molecule has 0 aromatic heterocycles. The maximum absolute atomic E-state index is 11.6. The Morgan fingerprint density at radius 3 is 2.63 bits per heavy atom. The van der Waals surface area contributed by atoms with Gasteiger partial charge < -0.3 is 9.16 Å². The number of hydrogen-bond acceptors (Lipinski definition) is 3. The maximum atomic E-state index is 11.6. The number of carbonyl (C=O) groups excluding carboxylic acids is 1. The molecule has 3 nitrogen and oxygen atoms in total. The molecule has 1 aliphatic rings. The van der Waals surface area contributed by atoms with E-state index < -0.39 is 14.4 Å². The Hall–Kier alpha value is -0.713. The molecule has 4 heteroatoms. The predicted octanol–water partition coefficient (Wildman–Crippen LogP) is 3.48. The van der Waals surface area contributed by atoms with Gasteiger partial charge in [-0.15, -0.1) is 6.58 Å². The quantitative estimate of drug-likeness (QED) is 0.572. The molecule has 0 spiro atoms. The molecule has 0 saturated heterocycles. The molecule has 0 aromatic rings. The smallest absolute Gasteiger partial charge is 0.192 e. The highest BCUT2D eigenvalue weighted by Crippen LogP contribution is 2.36. The van der Waals surface area contributed by atoms with Gasteiger partial charge in [0.25, 0.3) is 0 Å². The van der Waals surface area contributed by atoms with Gasteiger partial charge in [0.2, 0.25) is 0 Å². The Morgan fingerprint density at radius 1 is 1.47 bits per heavy atom. The highest BCUT2D eigenvalue weighted by Gasteiger charge is 2.38. The first-order valence-electron chi connectivity index (χ1n) is 6.80. The maximum Gasteiger partial charge on any atom is 0.192 e. The van der Waals surface area contributed by atoms with Crippen molar-refractivity contribution in [3.05, 3.63) is 24.8 Å². The molecule has 0 unspecified atom stereocenters. The summed E-state index contributed by atoms with van der Waals surface area (Å²) in [6.07, 6.45) is 5.16. The average Bonchev–Trinajstić information content (AvgIpc) is 2.29. The lowest BCUT2D eigenvalue weighted by Crippen LogP contribution is -2.44. The van der Waals surface area contributed by atoms with E-state index in [0.29, 0.717) is 13.0 Å². The van der Waals surface area contributed by atoms with E-state index in [1.807, 2.05) is 0 Å². The molecule has 0 aliphatic carbocycles. The predicted molar refractivity (Wildman–Crippen MR) is 80.8 cm³/mol. The van der Waals surface area contributed by atoms with Crippen LogP contribution in [0.3, 0.4) is 0 Å². The average molecular weight is 282 g/mol. The molecule has 0 N–H and O–H groups in total. The van der Waals surface area contributed by atoms with E-state index in [1.54, 1.807) is 18.2 Å². The highest BCUT2D eigenvalue weighted by molar-refractivity contribution is 6.74. The van der Waals surface area contributed by atoms with Crippen LogP contribution in [0, 0.1) is 0 Å². The number of rotatable bonds is 5. The summed E-state index contributed by atoms with van der Waals surface area (Å²) in [6, 6.07) is 0. The van der Waals surface area contributed by atoms with Crippen LogP contribution in [0.15, 0.2) is 24.8 Å². The van der Waals surface area contributed by atoms with E-state index in [1.165, 1.54) is 0 Å². The van der Waals surface area contributed by atoms with Crippen molar-refractivity contribution in [2.24, 2.45) is 0 Å². The number of hydrogen-bond donors (Lipinski definition) is 0. The van der Waals surface area contributed by atoms with Gasteiger partial charge in [-0.25, -0.2) is 0 Å². The van der Waals surface area contributed by atoms with Crippen molar-refractivity contribution >= 4 is 14.1 Å². The van der Waals surface area contributed by atoms with Crippen molar-refractivity contribution in [1.82, 2.24) is 0 Å².